The van der Waals surface area contributed by atoms with Gasteiger partial charge in [-0.05, 0) is 48.0 Å². The van der Waals surface area contributed by atoms with E-state index in [2.05, 4.69) is 50.4 Å². The van der Waals surface area contributed by atoms with Crippen LogP contribution in [-0.4, -0.2) is 52.9 Å². The van der Waals surface area contributed by atoms with Gasteiger partial charge in [-0.25, -0.2) is 8.42 Å². The van der Waals surface area contributed by atoms with Gasteiger partial charge in [-0.15, -0.1) is 0 Å². The van der Waals surface area contributed by atoms with Gasteiger partial charge in [-0.2, -0.15) is 4.31 Å². The Kier molecular flexibility index (Phi) is 7.48. The van der Waals surface area contributed by atoms with Crippen LogP contribution in [0.5, 0.6) is 0 Å². The van der Waals surface area contributed by atoms with Crippen molar-refractivity contribution < 1.29 is 8.42 Å². The zero-order chi connectivity index (χ0) is 25.0. The monoisotopic (exact) mass is 518 g/mol. The van der Waals surface area contributed by atoms with Crippen molar-refractivity contribution in [3.63, 3.8) is 0 Å². The number of para-hydroxylation sites is 2. The normalized spacial score (nSPS) is 15.7. The Morgan fingerprint density at radius 1 is 0.750 bits per heavy atom. The lowest BCUT2D eigenvalue weighted by Gasteiger charge is -2.33. The molecule has 0 bridgehead atoms. The third kappa shape index (κ3) is 5.52. The molecule has 1 fully saturated rings. The number of sulfonamides is 1. The van der Waals surface area contributed by atoms with E-state index in [1.165, 1.54) is 11.0 Å². The molecule has 1 aliphatic rings. The molecule has 36 heavy (non-hydrogen) atoms. The van der Waals surface area contributed by atoms with Crippen molar-refractivity contribution in [1.82, 2.24) is 18.3 Å². The fourth-order valence-electron chi connectivity index (χ4n) is 4.65. The molecule has 0 atom stereocenters. The minimum Gasteiger partial charge on any atom is -0.316 e. The highest BCUT2D eigenvalue weighted by Crippen LogP contribution is 2.20. The van der Waals surface area contributed by atoms with Crippen molar-refractivity contribution in [2.24, 2.45) is 0 Å². The zero-order valence-corrected chi connectivity index (χ0v) is 21.7. The molecule has 0 spiro atoms. The van der Waals surface area contributed by atoms with Gasteiger partial charge in [0, 0.05) is 38.1 Å². The maximum Gasteiger partial charge on any atom is 0.236 e. The summed E-state index contributed by atoms with van der Waals surface area (Å²) >= 11 is 5.92. The van der Waals surface area contributed by atoms with Gasteiger partial charge >= 0.3 is 0 Å². The zero-order valence-electron chi connectivity index (χ0n) is 20.1. The largest absolute Gasteiger partial charge is 0.316 e. The summed E-state index contributed by atoms with van der Waals surface area (Å²) < 4.78 is 32.4. The number of aromatic nitrogens is 2. The molecule has 1 saturated heterocycles. The predicted molar refractivity (Wildman–Crippen MR) is 148 cm³/mol. The summed E-state index contributed by atoms with van der Waals surface area (Å²) in [5.74, 6) is 0. The van der Waals surface area contributed by atoms with E-state index in [4.69, 9.17) is 12.2 Å². The van der Waals surface area contributed by atoms with Crippen LogP contribution in [0.2, 0.25) is 0 Å². The quantitative estimate of drug-likeness (QED) is 0.309. The summed E-state index contributed by atoms with van der Waals surface area (Å²) in [5, 5.41) is 1.31. The lowest BCUT2D eigenvalue weighted by molar-refractivity contribution is 0.154. The standard InChI is InChI=1S/C28H30N4O2S2/c33-36(34,22-16-25-11-5-2-6-12-25)30-20-18-29(19-21-30)23-32-27-14-8-7-13-26(27)31(28(32)35)17-15-24-9-3-1-4-10-24/h1-14,16,22H,15,17-21,23H2/b22-16-. The predicted octanol–water partition coefficient (Wildman–Crippen LogP) is 4.99. The number of rotatable bonds is 8. The fourth-order valence-corrected chi connectivity index (χ4v) is 6.17. The van der Waals surface area contributed by atoms with E-state index in [1.807, 2.05) is 48.5 Å². The van der Waals surface area contributed by atoms with Crippen LogP contribution in [0.3, 0.4) is 0 Å². The molecule has 3 aromatic carbocycles. The molecule has 1 aromatic heterocycles. The van der Waals surface area contributed by atoms with Gasteiger partial charge in [0.25, 0.3) is 0 Å². The van der Waals surface area contributed by atoms with Crippen LogP contribution in [-0.2, 0) is 29.7 Å². The number of nitrogens with zero attached hydrogens (tertiary/aromatic N) is 4. The van der Waals surface area contributed by atoms with Crippen LogP contribution in [0.1, 0.15) is 11.1 Å². The molecule has 0 radical (unpaired) electrons. The third-order valence-corrected chi connectivity index (χ3v) is 8.66. The first kappa shape index (κ1) is 24.6. The second-order valence-electron chi connectivity index (χ2n) is 9.00. The van der Waals surface area contributed by atoms with Crippen LogP contribution >= 0.6 is 12.2 Å². The van der Waals surface area contributed by atoms with Crippen LogP contribution in [0.25, 0.3) is 17.1 Å². The smallest absolute Gasteiger partial charge is 0.236 e. The highest BCUT2D eigenvalue weighted by molar-refractivity contribution is 7.92. The number of fused-ring (bicyclic) bond motifs is 1. The molecule has 0 amide bonds. The van der Waals surface area contributed by atoms with Gasteiger partial charge in [-0.3, -0.25) is 4.90 Å². The molecule has 2 heterocycles. The molecule has 0 unspecified atom stereocenters. The summed E-state index contributed by atoms with van der Waals surface area (Å²) in [5.41, 5.74) is 4.40. The van der Waals surface area contributed by atoms with Crippen molar-refractivity contribution >= 4 is 39.4 Å². The summed E-state index contributed by atoms with van der Waals surface area (Å²) in [6.45, 7) is 3.69. The van der Waals surface area contributed by atoms with Gasteiger partial charge < -0.3 is 9.13 Å². The summed E-state index contributed by atoms with van der Waals surface area (Å²) in [6.07, 6.45) is 2.57. The summed E-state index contributed by atoms with van der Waals surface area (Å²) in [6, 6.07) is 28.3. The second kappa shape index (κ2) is 10.9. The Bertz CT molecular complexity index is 1500. The molecule has 5 rings (SSSR count). The number of benzene rings is 3. The van der Waals surface area contributed by atoms with E-state index in [1.54, 1.807) is 10.4 Å². The van der Waals surface area contributed by atoms with E-state index in [9.17, 15) is 8.42 Å². The Labute approximate surface area is 217 Å². The number of imidazole rings is 1. The lowest BCUT2D eigenvalue weighted by Crippen LogP contribution is -2.48. The minimum absolute atomic E-state index is 0.460. The molecule has 0 saturated carbocycles. The van der Waals surface area contributed by atoms with Crippen LogP contribution < -0.4 is 0 Å². The van der Waals surface area contributed by atoms with Gasteiger partial charge in [0.15, 0.2) is 4.77 Å². The fraction of sp³-hybridized carbons (Fsp3) is 0.250. The van der Waals surface area contributed by atoms with E-state index < -0.39 is 10.0 Å². The molecular formula is C28H30N4O2S2. The Balaban J connectivity index is 1.27. The molecule has 0 N–H and O–H groups in total. The van der Waals surface area contributed by atoms with Crippen LogP contribution in [0.15, 0.2) is 90.3 Å². The van der Waals surface area contributed by atoms with Crippen molar-refractivity contribution in [2.45, 2.75) is 19.6 Å². The summed E-state index contributed by atoms with van der Waals surface area (Å²) in [4.78, 5) is 2.27. The molecule has 0 aliphatic carbocycles. The molecule has 8 heteroatoms. The number of piperazine rings is 1. The number of aryl methyl sites for hydroxylation is 2. The maximum atomic E-state index is 12.8. The molecule has 186 valence electrons. The van der Waals surface area contributed by atoms with Gasteiger partial charge in [0.2, 0.25) is 10.0 Å². The van der Waals surface area contributed by atoms with E-state index in [0.717, 1.165) is 34.3 Å². The SMILES string of the molecule is O=S(=O)(/C=C\c1ccccc1)N1CCN(Cn2c(=S)n(CCc3ccccc3)c3ccccc32)CC1. The molecule has 6 nitrogen and oxygen atoms in total. The van der Waals surface area contributed by atoms with Gasteiger partial charge in [-0.1, -0.05) is 72.8 Å². The third-order valence-electron chi connectivity index (χ3n) is 6.66. The van der Waals surface area contributed by atoms with Crippen molar-refractivity contribution in [2.75, 3.05) is 26.2 Å². The van der Waals surface area contributed by atoms with Crippen molar-refractivity contribution in [3.8, 4) is 0 Å². The van der Waals surface area contributed by atoms with E-state index in [-0.39, 0.29) is 0 Å². The average Bonchev–Trinajstić information content (AvgIpc) is 3.18. The minimum atomic E-state index is -3.46. The second-order valence-corrected chi connectivity index (χ2v) is 11.2. The highest BCUT2D eigenvalue weighted by atomic mass is 32.2. The average molecular weight is 519 g/mol. The molecule has 4 aromatic rings. The number of hydrogen-bond acceptors (Lipinski definition) is 4. The van der Waals surface area contributed by atoms with Crippen LogP contribution in [0.4, 0.5) is 0 Å². The Hall–Kier alpha value is -3.04. The van der Waals surface area contributed by atoms with E-state index >= 15 is 0 Å². The first-order valence-corrected chi connectivity index (χ1v) is 14.1. The first-order chi connectivity index (χ1) is 17.5. The van der Waals surface area contributed by atoms with Gasteiger partial charge in [0.05, 0.1) is 17.7 Å². The first-order valence-electron chi connectivity index (χ1n) is 12.2. The topological polar surface area (TPSA) is 50.5 Å². The maximum absolute atomic E-state index is 12.8. The Morgan fingerprint density at radius 3 is 2.00 bits per heavy atom. The van der Waals surface area contributed by atoms with Crippen molar-refractivity contribution in [1.29, 1.82) is 0 Å². The van der Waals surface area contributed by atoms with Crippen LogP contribution in [0, 0.1) is 4.77 Å². The summed E-state index contributed by atoms with van der Waals surface area (Å²) in [7, 11) is -3.46. The Morgan fingerprint density at radius 2 is 1.33 bits per heavy atom. The lowest BCUT2D eigenvalue weighted by atomic mass is 10.1. The van der Waals surface area contributed by atoms with E-state index in [0.29, 0.717) is 32.8 Å². The van der Waals surface area contributed by atoms with Gasteiger partial charge in [0.1, 0.15) is 0 Å². The van der Waals surface area contributed by atoms with Crippen molar-refractivity contribution in [3.05, 3.63) is 106 Å². The molecular weight excluding hydrogens is 488 g/mol. The molecule has 1 aliphatic heterocycles. The number of hydrogen-bond donors (Lipinski definition) is 0. The highest BCUT2D eigenvalue weighted by Gasteiger charge is 2.25.